The number of benzene rings is 2. The predicted octanol–water partition coefficient (Wildman–Crippen LogP) is 6.30. The van der Waals surface area contributed by atoms with Crippen molar-refractivity contribution in [1.29, 1.82) is 0 Å². The van der Waals surface area contributed by atoms with E-state index < -0.39 is 0 Å². The highest BCUT2D eigenvalue weighted by atomic mass is 32.1. The summed E-state index contributed by atoms with van der Waals surface area (Å²) in [7, 11) is 0. The lowest BCUT2D eigenvalue weighted by molar-refractivity contribution is -0.144. The molecule has 4 nitrogen and oxygen atoms in total. The van der Waals surface area contributed by atoms with Crippen molar-refractivity contribution in [3.8, 4) is 0 Å². The van der Waals surface area contributed by atoms with Gasteiger partial charge < -0.3 is 10.1 Å². The van der Waals surface area contributed by atoms with E-state index in [0.29, 0.717) is 13.0 Å². The van der Waals surface area contributed by atoms with Crippen molar-refractivity contribution in [3.63, 3.8) is 0 Å². The Morgan fingerprint density at radius 2 is 1.85 bits per heavy atom. The molecule has 2 aromatic carbocycles. The second-order valence-electron chi connectivity index (χ2n) is 6.56. The van der Waals surface area contributed by atoms with Crippen LogP contribution in [0, 0.1) is 0 Å². The van der Waals surface area contributed by atoms with Gasteiger partial charge in [0.1, 0.15) is 0 Å². The lowest BCUT2D eigenvalue weighted by Gasteiger charge is -2.20. The maximum absolute atomic E-state index is 11.8. The smallest absolute Gasteiger partial charge is 0.306 e. The maximum Gasteiger partial charge on any atom is 0.306 e. The minimum atomic E-state index is -0.360. The van der Waals surface area contributed by atoms with Crippen molar-refractivity contribution in [1.82, 2.24) is 4.98 Å². The zero-order valence-electron chi connectivity index (χ0n) is 16.7. The second kappa shape index (κ2) is 9.51. The largest absolute Gasteiger partial charge is 0.466 e. The third-order valence-electron chi connectivity index (χ3n) is 4.12. The number of fused-ring (bicyclic) bond motifs is 1. The van der Waals surface area contributed by atoms with E-state index in [4.69, 9.17) is 9.72 Å². The molecule has 0 radical (unpaired) electrons. The topological polar surface area (TPSA) is 51.2 Å². The SMILES string of the molecule is CC.CCOC(=O)CC(C)(C)c1csc(Nc2cccc3ccccc23)n1. The van der Waals surface area contributed by atoms with Crippen molar-refractivity contribution in [2.75, 3.05) is 11.9 Å². The predicted molar refractivity (Wildman–Crippen MR) is 115 cm³/mol. The van der Waals surface area contributed by atoms with Gasteiger partial charge in [-0.15, -0.1) is 11.3 Å². The van der Waals surface area contributed by atoms with E-state index in [-0.39, 0.29) is 11.4 Å². The van der Waals surface area contributed by atoms with Crippen LogP contribution in [0.2, 0.25) is 0 Å². The zero-order valence-corrected chi connectivity index (χ0v) is 17.5. The van der Waals surface area contributed by atoms with Gasteiger partial charge in [0.05, 0.1) is 18.7 Å². The molecule has 144 valence electrons. The zero-order chi connectivity index (χ0) is 19.9. The fraction of sp³-hybridized carbons (Fsp3) is 0.364. The van der Waals surface area contributed by atoms with Crippen LogP contribution in [0.4, 0.5) is 10.8 Å². The van der Waals surface area contributed by atoms with Crippen LogP contribution in [0.15, 0.2) is 47.8 Å². The van der Waals surface area contributed by atoms with Crippen molar-refractivity contribution in [2.24, 2.45) is 0 Å². The summed E-state index contributed by atoms with van der Waals surface area (Å²) >= 11 is 1.55. The van der Waals surface area contributed by atoms with Crippen LogP contribution in [0.1, 0.15) is 46.7 Å². The van der Waals surface area contributed by atoms with E-state index in [1.807, 2.05) is 64.3 Å². The van der Waals surface area contributed by atoms with E-state index in [1.54, 1.807) is 11.3 Å². The van der Waals surface area contributed by atoms with Gasteiger partial charge in [-0.05, 0) is 18.4 Å². The Morgan fingerprint density at radius 1 is 1.15 bits per heavy atom. The molecule has 3 rings (SSSR count). The normalized spacial score (nSPS) is 10.9. The van der Waals surface area contributed by atoms with Gasteiger partial charge in [0.25, 0.3) is 0 Å². The molecule has 0 fully saturated rings. The highest BCUT2D eigenvalue weighted by Crippen LogP contribution is 2.33. The number of hydrogen-bond acceptors (Lipinski definition) is 5. The van der Waals surface area contributed by atoms with Crippen LogP contribution >= 0.6 is 11.3 Å². The fourth-order valence-electron chi connectivity index (χ4n) is 2.76. The first-order valence-electron chi connectivity index (χ1n) is 9.36. The third-order valence-corrected chi connectivity index (χ3v) is 4.88. The van der Waals surface area contributed by atoms with Gasteiger partial charge in [-0.25, -0.2) is 4.98 Å². The van der Waals surface area contributed by atoms with Crippen molar-refractivity contribution in [2.45, 2.75) is 46.5 Å². The van der Waals surface area contributed by atoms with Gasteiger partial charge in [0.15, 0.2) is 5.13 Å². The number of ether oxygens (including phenoxy) is 1. The number of esters is 1. The molecule has 0 saturated carbocycles. The molecule has 0 atom stereocenters. The molecular formula is C22H28N2O2S. The Hall–Kier alpha value is -2.40. The second-order valence-corrected chi connectivity index (χ2v) is 7.41. The number of hydrogen-bond donors (Lipinski definition) is 1. The molecule has 0 aliphatic heterocycles. The molecule has 5 heteroatoms. The van der Waals surface area contributed by atoms with Crippen LogP contribution in [-0.2, 0) is 14.9 Å². The van der Waals surface area contributed by atoms with Gasteiger partial charge in [0.2, 0.25) is 0 Å². The lowest BCUT2D eigenvalue weighted by atomic mass is 9.86. The van der Waals surface area contributed by atoms with Gasteiger partial charge in [-0.1, -0.05) is 64.1 Å². The van der Waals surface area contributed by atoms with E-state index in [0.717, 1.165) is 21.9 Å². The molecule has 3 aromatic rings. The third kappa shape index (κ3) is 5.30. The number of nitrogens with one attached hydrogen (secondary N) is 1. The summed E-state index contributed by atoms with van der Waals surface area (Å²) in [5.41, 5.74) is 1.57. The van der Waals surface area contributed by atoms with Crippen LogP contribution in [0.25, 0.3) is 10.8 Å². The first kappa shape index (κ1) is 20.9. The van der Waals surface area contributed by atoms with Gasteiger partial charge >= 0.3 is 5.97 Å². The summed E-state index contributed by atoms with van der Waals surface area (Å²) < 4.78 is 5.07. The van der Waals surface area contributed by atoms with Gasteiger partial charge in [-0.2, -0.15) is 0 Å². The number of thiazole rings is 1. The quantitative estimate of drug-likeness (QED) is 0.507. The number of aromatic nitrogens is 1. The number of carbonyl (C=O) groups is 1. The summed E-state index contributed by atoms with van der Waals surface area (Å²) in [4.78, 5) is 16.5. The minimum Gasteiger partial charge on any atom is -0.466 e. The Kier molecular flexibility index (Phi) is 7.36. The molecule has 1 heterocycles. The van der Waals surface area contributed by atoms with Crippen LogP contribution in [-0.4, -0.2) is 17.6 Å². The summed E-state index contributed by atoms with van der Waals surface area (Å²) in [6.07, 6.45) is 0.318. The Labute approximate surface area is 165 Å². The Balaban J connectivity index is 0.00000126. The van der Waals surface area contributed by atoms with Crippen LogP contribution in [0.3, 0.4) is 0 Å². The van der Waals surface area contributed by atoms with Crippen molar-refractivity contribution < 1.29 is 9.53 Å². The summed E-state index contributed by atoms with van der Waals surface area (Å²) in [5, 5.41) is 8.58. The first-order chi connectivity index (χ1) is 13.0. The average Bonchev–Trinajstić information content (AvgIpc) is 3.13. The van der Waals surface area contributed by atoms with E-state index in [2.05, 4.69) is 23.5 Å². The van der Waals surface area contributed by atoms with E-state index in [1.165, 1.54) is 5.39 Å². The number of nitrogens with zero attached hydrogens (tertiary/aromatic N) is 1. The highest BCUT2D eigenvalue weighted by Gasteiger charge is 2.28. The highest BCUT2D eigenvalue weighted by molar-refractivity contribution is 7.13. The number of rotatable bonds is 6. The molecule has 0 unspecified atom stereocenters. The molecule has 0 spiro atoms. The molecule has 1 N–H and O–H groups in total. The van der Waals surface area contributed by atoms with Crippen LogP contribution < -0.4 is 5.32 Å². The van der Waals surface area contributed by atoms with E-state index >= 15 is 0 Å². The average molecular weight is 385 g/mol. The first-order valence-corrected chi connectivity index (χ1v) is 10.2. The van der Waals surface area contributed by atoms with Crippen molar-refractivity contribution >= 4 is 38.9 Å². The number of anilines is 2. The van der Waals surface area contributed by atoms with Gasteiger partial charge in [0, 0.05) is 21.9 Å². The standard InChI is InChI=1S/C20H22N2O2S.C2H6/c1-4-24-18(23)12-20(2,3)17-13-25-19(22-17)21-16-11-7-9-14-8-5-6-10-15(14)16;1-2/h5-11,13H,4,12H2,1-3H3,(H,21,22);1-2H3. The molecule has 0 amide bonds. The lowest BCUT2D eigenvalue weighted by Crippen LogP contribution is -2.23. The molecule has 1 aromatic heterocycles. The number of carbonyl (C=O) groups excluding carboxylic acids is 1. The summed E-state index contributed by atoms with van der Waals surface area (Å²) in [6.45, 7) is 10.3. The monoisotopic (exact) mass is 384 g/mol. The molecule has 0 aliphatic rings. The minimum absolute atomic E-state index is 0.191. The van der Waals surface area contributed by atoms with E-state index in [9.17, 15) is 4.79 Å². The molecular weight excluding hydrogens is 356 g/mol. The molecule has 0 aliphatic carbocycles. The van der Waals surface area contributed by atoms with Crippen LogP contribution in [0.5, 0.6) is 0 Å². The Morgan fingerprint density at radius 3 is 2.59 bits per heavy atom. The van der Waals surface area contributed by atoms with Gasteiger partial charge in [-0.3, -0.25) is 4.79 Å². The summed E-state index contributed by atoms with van der Waals surface area (Å²) in [6, 6.07) is 14.4. The molecule has 0 saturated heterocycles. The van der Waals surface area contributed by atoms with Crippen molar-refractivity contribution in [3.05, 3.63) is 53.5 Å². The molecule has 27 heavy (non-hydrogen) atoms. The molecule has 0 bridgehead atoms. The summed E-state index contributed by atoms with van der Waals surface area (Å²) in [5.74, 6) is -0.191. The fourth-order valence-corrected chi connectivity index (χ4v) is 3.67. The Bertz CT molecular complexity index is 881. The maximum atomic E-state index is 11.8.